The number of nitrogens with zero attached hydrogens (tertiary/aromatic N) is 1. The Hall–Kier alpha value is -7.22. The molecule has 0 atom stereocenters. The van der Waals surface area contributed by atoms with Gasteiger partial charge in [-0.3, -0.25) is 0 Å². The van der Waals surface area contributed by atoms with E-state index in [1.54, 1.807) is 0 Å². The minimum Gasteiger partial charge on any atom is -0.310 e. The second kappa shape index (κ2) is 14.0. The Morgan fingerprint density at radius 1 is 0.255 bits per heavy atom. The number of rotatable bonds is 7. The van der Waals surface area contributed by atoms with Crippen LogP contribution in [0.25, 0.3) is 76.8 Å². The van der Waals surface area contributed by atoms with Crippen LogP contribution in [-0.4, -0.2) is 0 Å². The van der Waals surface area contributed by atoms with Crippen molar-refractivity contribution in [1.82, 2.24) is 0 Å². The fourth-order valence-corrected chi connectivity index (χ4v) is 8.26. The molecule has 0 spiro atoms. The van der Waals surface area contributed by atoms with E-state index in [1.165, 1.54) is 76.8 Å². The summed E-state index contributed by atoms with van der Waals surface area (Å²) in [6.07, 6.45) is 0. The van der Waals surface area contributed by atoms with Crippen molar-refractivity contribution in [2.45, 2.75) is 0 Å². The van der Waals surface area contributed by atoms with E-state index in [2.05, 4.69) is 229 Å². The Balaban J connectivity index is 1.12. The molecule has 0 heterocycles. The van der Waals surface area contributed by atoms with E-state index in [4.69, 9.17) is 0 Å². The lowest BCUT2D eigenvalue weighted by Crippen LogP contribution is -2.11. The Kier molecular flexibility index (Phi) is 8.24. The van der Waals surface area contributed by atoms with Crippen LogP contribution in [0, 0.1) is 0 Å². The maximum Gasteiger partial charge on any atom is 0.0540 e. The van der Waals surface area contributed by atoms with E-state index in [9.17, 15) is 0 Å². The minimum atomic E-state index is 1.09. The fourth-order valence-electron chi connectivity index (χ4n) is 8.26. The normalized spacial score (nSPS) is 11.3. The van der Waals surface area contributed by atoms with Crippen LogP contribution in [0.4, 0.5) is 17.1 Å². The number of hydrogen-bond donors (Lipinski definition) is 0. The van der Waals surface area contributed by atoms with Gasteiger partial charge in [-0.15, -0.1) is 0 Å². The van der Waals surface area contributed by atoms with Crippen molar-refractivity contribution in [1.29, 1.82) is 0 Å². The third-order valence-electron chi connectivity index (χ3n) is 10.9. The highest BCUT2D eigenvalue weighted by molar-refractivity contribution is 6.14. The molecule has 0 unspecified atom stereocenters. The molecule has 1 heteroatoms. The van der Waals surface area contributed by atoms with Gasteiger partial charge in [0.1, 0.15) is 0 Å². The number of fused-ring (bicyclic) bond motifs is 4. The second-order valence-corrected chi connectivity index (χ2v) is 14.1. The van der Waals surface area contributed by atoms with Crippen molar-refractivity contribution in [3.8, 4) is 44.5 Å². The minimum absolute atomic E-state index is 1.09. The first-order chi connectivity index (χ1) is 27.3. The van der Waals surface area contributed by atoms with Crippen molar-refractivity contribution in [2.24, 2.45) is 0 Å². The lowest BCUT2D eigenvalue weighted by Gasteiger charge is -2.28. The van der Waals surface area contributed by atoms with Crippen LogP contribution < -0.4 is 4.90 Å². The third kappa shape index (κ3) is 5.93. The van der Waals surface area contributed by atoms with Gasteiger partial charge < -0.3 is 4.90 Å². The van der Waals surface area contributed by atoms with Crippen LogP contribution in [0.1, 0.15) is 0 Å². The van der Waals surface area contributed by atoms with Crippen molar-refractivity contribution < 1.29 is 0 Å². The van der Waals surface area contributed by atoms with Crippen molar-refractivity contribution >= 4 is 49.4 Å². The monoisotopic (exact) mass is 699 g/mol. The van der Waals surface area contributed by atoms with Gasteiger partial charge in [-0.2, -0.15) is 0 Å². The van der Waals surface area contributed by atoms with Gasteiger partial charge in [-0.05, 0) is 108 Å². The van der Waals surface area contributed by atoms with Crippen LogP contribution in [0.15, 0.2) is 224 Å². The Morgan fingerprint density at radius 2 is 0.745 bits per heavy atom. The average molecular weight is 700 g/mol. The summed E-state index contributed by atoms with van der Waals surface area (Å²) in [5.41, 5.74) is 13.0. The first-order valence-electron chi connectivity index (χ1n) is 18.9. The Labute approximate surface area is 322 Å². The Bertz CT molecular complexity index is 2950. The van der Waals surface area contributed by atoms with Gasteiger partial charge in [0, 0.05) is 16.9 Å². The van der Waals surface area contributed by atoms with Crippen LogP contribution in [0.2, 0.25) is 0 Å². The molecule has 258 valence electrons. The maximum absolute atomic E-state index is 2.40. The van der Waals surface area contributed by atoms with E-state index in [-0.39, 0.29) is 0 Å². The molecule has 0 saturated heterocycles. The summed E-state index contributed by atoms with van der Waals surface area (Å²) < 4.78 is 0. The zero-order valence-corrected chi connectivity index (χ0v) is 30.3. The predicted octanol–water partition coefficient (Wildman–Crippen LogP) is 15.3. The molecule has 1 nitrogen and oxygen atoms in total. The molecule has 0 aliphatic carbocycles. The zero-order chi connectivity index (χ0) is 36.6. The smallest absolute Gasteiger partial charge is 0.0540 e. The highest BCUT2D eigenvalue weighted by Crippen LogP contribution is 2.44. The molecule has 10 aromatic carbocycles. The van der Waals surface area contributed by atoms with E-state index in [0.717, 1.165) is 17.1 Å². The molecule has 10 rings (SSSR count). The van der Waals surface area contributed by atoms with Crippen LogP contribution in [0.3, 0.4) is 0 Å². The second-order valence-electron chi connectivity index (χ2n) is 14.1. The highest BCUT2D eigenvalue weighted by Gasteiger charge is 2.19. The average Bonchev–Trinajstić information content (AvgIpc) is 3.27. The summed E-state index contributed by atoms with van der Waals surface area (Å²) in [6.45, 7) is 0. The topological polar surface area (TPSA) is 3.24 Å². The largest absolute Gasteiger partial charge is 0.310 e. The maximum atomic E-state index is 2.40. The molecule has 0 saturated carbocycles. The standard InChI is InChI=1S/C54H37N/c1-3-15-38(16-4-1)47-22-13-14-26-53(47)55(44-32-27-41(28-33-44)52-37-43-20-8-9-21-46(43)50-24-11-12-25-51(50)52)45-34-29-42(30-35-45)54-48-23-10-7-19-40(48)31-36-49(54)39-17-5-2-6-18-39/h1-37H. The summed E-state index contributed by atoms with van der Waals surface area (Å²) in [7, 11) is 0. The quantitative estimate of drug-likeness (QED) is 0.150. The molecule has 10 aromatic rings. The van der Waals surface area contributed by atoms with Crippen molar-refractivity contribution in [2.75, 3.05) is 4.90 Å². The lowest BCUT2D eigenvalue weighted by molar-refractivity contribution is 1.28. The van der Waals surface area contributed by atoms with Gasteiger partial charge in [0.2, 0.25) is 0 Å². The lowest BCUT2D eigenvalue weighted by atomic mass is 9.89. The number of benzene rings is 10. The summed E-state index contributed by atoms with van der Waals surface area (Å²) in [6, 6.07) is 81.4. The fraction of sp³-hybridized carbons (Fsp3) is 0. The van der Waals surface area contributed by atoms with Gasteiger partial charge in [0.25, 0.3) is 0 Å². The van der Waals surface area contributed by atoms with Gasteiger partial charge >= 0.3 is 0 Å². The van der Waals surface area contributed by atoms with Crippen LogP contribution >= 0.6 is 0 Å². The molecule has 0 aromatic heterocycles. The number of anilines is 3. The molecule has 0 amide bonds. The summed E-state index contributed by atoms with van der Waals surface area (Å²) >= 11 is 0. The summed E-state index contributed by atoms with van der Waals surface area (Å²) in [4.78, 5) is 2.40. The molecule has 0 N–H and O–H groups in total. The van der Waals surface area contributed by atoms with Gasteiger partial charge in [0.05, 0.1) is 5.69 Å². The van der Waals surface area contributed by atoms with E-state index in [0.29, 0.717) is 0 Å². The molecular formula is C54H37N. The first-order valence-corrected chi connectivity index (χ1v) is 18.9. The number of hydrogen-bond acceptors (Lipinski definition) is 1. The highest BCUT2D eigenvalue weighted by atomic mass is 15.1. The molecule has 0 aliphatic heterocycles. The third-order valence-corrected chi connectivity index (χ3v) is 10.9. The van der Waals surface area contributed by atoms with Crippen molar-refractivity contribution in [3.63, 3.8) is 0 Å². The van der Waals surface area contributed by atoms with E-state index < -0.39 is 0 Å². The van der Waals surface area contributed by atoms with Gasteiger partial charge in [-0.1, -0.05) is 188 Å². The first kappa shape index (κ1) is 32.4. The predicted molar refractivity (Wildman–Crippen MR) is 235 cm³/mol. The molecule has 0 radical (unpaired) electrons. The Morgan fingerprint density at radius 3 is 1.44 bits per heavy atom. The molecule has 0 aliphatic rings. The van der Waals surface area contributed by atoms with Crippen LogP contribution in [-0.2, 0) is 0 Å². The molecule has 55 heavy (non-hydrogen) atoms. The van der Waals surface area contributed by atoms with E-state index >= 15 is 0 Å². The van der Waals surface area contributed by atoms with Gasteiger partial charge in [0.15, 0.2) is 0 Å². The molecule has 0 bridgehead atoms. The number of para-hydroxylation sites is 1. The summed E-state index contributed by atoms with van der Waals surface area (Å²) in [5, 5.41) is 7.56. The SMILES string of the molecule is c1ccc(-c2ccccc2N(c2ccc(-c3c(-c4ccccc4)ccc4ccccc34)cc2)c2ccc(-c3cc4ccccc4c4ccccc34)cc2)cc1. The van der Waals surface area contributed by atoms with Gasteiger partial charge in [-0.25, -0.2) is 0 Å². The molecule has 0 fully saturated rings. The summed E-state index contributed by atoms with van der Waals surface area (Å²) in [5.74, 6) is 0. The van der Waals surface area contributed by atoms with Crippen molar-refractivity contribution in [3.05, 3.63) is 224 Å². The van der Waals surface area contributed by atoms with E-state index in [1.807, 2.05) is 0 Å². The van der Waals surface area contributed by atoms with Crippen LogP contribution in [0.5, 0.6) is 0 Å². The zero-order valence-electron chi connectivity index (χ0n) is 30.3. The molecular weight excluding hydrogens is 663 g/mol.